The lowest BCUT2D eigenvalue weighted by molar-refractivity contribution is 0.0867. The second kappa shape index (κ2) is 7.22. The number of nitrogens with zero attached hydrogens (tertiary/aromatic N) is 2. The van der Waals surface area contributed by atoms with Gasteiger partial charge in [0, 0.05) is 24.8 Å². The fourth-order valence-corrected chi connectivity index (χ4v) is 3.27. The zero-order valence-electron chi connectivity index (χ0n) is 11.3. The van der Waals surface area contributed by atoms with Gasteiger partial charge >= 0.3 is 0 Å². The molecule has 1 aromatic rings. The Morgan fingerprint density at radius 2 is 2.26 bits per heavy atom. The molecule has 0 saturated carbocycles. The van der Waals surface area contributed by atoms with Crippen molar-refractivity contribution >= 4 is 11.8 Å². The molecule has 5 heteroatoms. The maximum atomic E-state index is 12.8. The van der Waals surface area contributed by atoms with Crippen LogP contribution >= 0.6 is 11.8 Å². The highest BCUT2D eigenvalue weighted by molar-refractivity contribution is 7.99. The molecule has 0 amide bonds. The molecule has 0 radical (unpaired) electrons. The summed E-state index contributed by atoms with van der Waals surface area (Å²) in [6.45, 7) is 5.06. The third kappa shape index (κ3) is 4.44. The zero-order valence-corrected chi connectivity index (χ0v) is 12.1. The van der Waals surface area contributed by atoms with E-state index in [0.717, 1.165) is 31.6 Å². The van der Waals surface area contributed by atoms with Gasteiger partial charge in [0.15, 0.2) is 0 Å². The Morgan fingerprint density at radius 1 is 1.42 bits per heavy atom. The summed E-state index contributed by atoms with van der Waals surface area (Å²) < 4.78 is 12.8. The van der Waals surface area contributed by atoms with E-state index in [1.54, 1.807) is 6.07 Å². The van der Waals surface area contributed by atoms with E-state index >= 15 is 0 Å². The standard InChI is InChI=1S/C14H21FN2OS/c1-11(10-17-5-2-7-19-8-6-17)14(18)13-4-3-12(15)9-16-13/h3-4,9,11,14,18H,2,5-8,10H2,1H3. The molecule has 3 nitrogen and oxygen atoms in total. The van der Waals surface area contributed by atoms with Gasteiger partial charge in [-0.3, -0.25) is 4.98 Å². The van der Waals surface area contributed by atoms with E-state index in [4.69, 9.17) is 0 Å². The summed E-state index contributed by atoms with van der Waals surface area (Å²) in [5, 5.41) is 10.3. The van der Waals surface area contributed by atoms with Gasteiger partial charge in [-0.05, 0) is 30.9 Å². The van der Waals surface area contributed by atoms with Gasteiger partial charge in [0.05, 0.1) is 18.0 Å². The van der Waals surface area contributed by atoms with Crippen LogP contribution in [0.2, 0.25) is 0 Å². The molecular formula is C14H21FN2OS. The number of halogens is 1. The SMILES string of the molecule is CC(CN1CCCSCC1)C(O)c1ccc(F)cn1. The normalized spacial score (nSPS) is 20.8. The van der Waals surface area contributed by atoms with Crippen LogP contribution in [0, 0.1) is 11.7 Å². The molecule has 2 atom stereocenters. The molecule has 2 rings (SSSR count). The average Bonchev–Trinajstić information content (AvgIpc) is 2.67. The van der Waals surface area contributed by atoms with Crippen LogP contribution < -0.4 is 0 Å². The van der Waals surface area contributed by atoms with Gasteiger partial charge in [0.1, 0.15) is 5.82 Å². The number of thioether (sulfide) groups is 1. The van der Waals surface area contributed by atoms with Crippen molar-refractivity contribution in [2.24, 2.45) is 5.92 Å². The molecule has 0 spiro atoms. The van der Waals surface area contributed by atoms with Crippen molar-refractivity contribution in [1.82, 2.24) is 9.88 Å². The molecule has 1 fully saturated rings. The number of aliphatic hydroxyl groups excluding tert-OH is 1. The maximum absolute atomic E-state index is 12.8. The molecule has 0 aromatic carbocycles. The first kappa shape index (κ1) is 14.8. The van der Waals surface area contributed by atoms with Crippen molar-refractivity contribution < 1.29 is 9.50 Å². The number of hydrogen-bond acceptors (Lipinski definition) is 4. The molecule has 0 bridgehead atoms. The second-order valence-electron chi connectivity index (χ2n) is 5.09. The summed E-state index contributed by atoms with van der Waals surface area (Å²) in [4.78, 5) is 6.36. The minimum Gasteiger partial charge on any atom is -0.386 e. The Kier molecular flexibility index (Phi) is 5.60. The Bertz CT molecular complexity index is 380. The first-order valence-electron chi connectivity index (χ1n) is 6.76. The number of hydrogen-bond donors (Lipinski definition) is 1. The molecule has 1 saturated heterocycles. The number of aromatic nitrogens is 1. The average molecular weight is 284 g/mol. The van der Waals surface area contributed by atoms with Crippen molar-refractivity contribution in [1.29, 1.82) is 0 Å². The van der Waals surface area contributed by atoms with Gasteiger partial charge in [-0.2, -0.15) is 11.8 Å². The quantitative estimate of drug-likeness (QED) is 0.920. The predicted molar refractivity (Wildman–Crippen MR) is 76.7 cm³/mol. The Balaban J connectivity index is 1.90. The van der Waals surface area contributed by atoms with E-state index in [-0.39, 0.29) is 11.7 Å². The van der Waals surface area contributed by atoms with Crippen LogP contribution in [0.1, 0.15) is 25.1 Å². The summed E-state index contributed by atoms with van der Waals surface area (Å²) in [5.74, 6) is 2.12. The van der Waals surface area contributed by atoms with Crippen LogP contribution in [0.15, 0.2) is 18.3 Å². The number of rotatable bonds is 4. The third-order valence-electron chi connectivity index (χ3n) is 3.45. The summed E-state index contributed by atoms with van der Waals surface area (Å²) >= 11 is 1.99. The van der Waals surface area contributed by atoms with Crippen molar-refractivity contribution in [3.05, 3.63) is 29.8 Å². The minimum absolute atomic E-state index is 0.0982. The van der Waals surface area contributed by atoms with Gasteiger partial charge < -0.3 is 10.0 Å². The predicted octanol–water partition coefficient (Wildman–Crippen LogP) is 2.33. The maximum Gasteiger partial charge on any atom is 0.141 e. The van der Waals surface area contributed by atoms with Crippen LogP contribution in [0.4, 0.5) is 4.39 Å². The molecule has 106 valence electrons. The third-order valence-corrected chi connectivity index (χ3v) is 4.50. The lowest BCUT2D eigenvalue weighted by atomic mass is 10.0. The van der Waals surface area contributed by atoms with Crippen molar-refractivity contribution in [2.45, 2.75) is 19.4 Å². The number of aliphatic hydroxyl groups is 1. The highest BCUT2D eigenvalue weighted by atomic mass is 32.2. The van der Waals surface area contributed by atoms with Crippen molar-refractivity contribution in [3.63, 3.8) is 0 Å². The molecule has 19 heavy (non-hydrogen) atoms. The van der Waals surface area contributed by atoms with E-state index in [2.05, 4.69) is 9.88 Å². The van der Waals surface area contributed by atoms with Crippen molar-refractivity contribution in [2.75, 3.05) is 31.1 Å². The van der Waals surface area contributed by atoms with Crippen LogP contribution in [-0.2, 0) is 0 Å². The van der Waals surface area contributed by atoms with Gasteiger partial charge in [-0.15, -0.1) is 0 Å². The molecule has 1 aliphatic rings. The molecule has 1 N–H and O–H groups in total. The van der Waals surface area contributed by atoms with Crippen molar-refractivity contribution in [3.8, 4) is 0 Å². The summed E-state index contributed by atoms with van der Waals surface area (Å²) in [6, 6.07) is 2.91. The largest absolute Gasteiger partial charge is 0.386 e. The van der Waals surface area contributed by atoms with Crippen LogP contribution in [0.3, 0.4) is 0 Å². The van der Waals surface area contributed by atoms with Crippen LogP contribution in [0.5, 0.6) is 0 Å². The van der Waals surface area contributed by atoms with E-state index in [1.807, 2.05) is 18.7 Å². The molecule has 0 aliphatic carbocycles. The van der Waals surface area contributed by atoms with Gasteiger partial charge in [0.2, 0.25) is 0 Å². The first-order chi connectivity index (χ1) is 9.16. The Labute approximate surface area is 118 Å². The van der Waals surface area contributed by atoms with Crippen LogP contribution in [0.25, 0.3) is 0 Å². The molecule has 2 heterocycles. The van der Waals surface area contributed by atoms with Gasteiger partial charge in [-0.25, -0.2) is 4.39 Å². The topological polar surface area (TPSA) is 36.4 Å². The lowest BCUT2D eigenvalue weighted by Gasteiger charge is -2.26. The smallest absolute Gasteiger partial charge is 0.141 e. The monoisotopic (exact) mass is 284 g/mol. The van der Waals surface area contributed by atoms with Gasteiger partial charge in [0.25, 0.3) is 0 Å². The fourth-order valence-electron chi connectivity index (χ4n) is 2.34. The Morgan fingerprint density at radius 3 is 3.00 bits per heavy atom. The van der Waals surface area contributed by atoms with E-state index in [9.17, 15) is 9.50 Å². The summed E-state index contributed by atoms with van der Waals surface area (Å²) in [5.41, 5.74) is 0.554. The summed E-state index contributed by atoms with van der Waals surface area (Å²) in [7, 11) is 0. The number of pyridine rings is 1. The fraction of sp³-hybridized carbons (Fsp3) is 0.643. The molecule has 1 aliphatic heterocycles. The van der Waals surface area contributed by atoms with Crippen LogP contribution in [-0.4, -0.2) is 46.1 Å². The highest BCUT2D eigenvalue weighted by Gasteiger charge is 2.21. The van der Waals surface area contributed by atoms with E-state index < -0.39 is 6.10 Å². The molecule has 2 unspecified atom stereocenters. The first-order valence-corrected chi connectivity index (χ1v) is 7.92. The second-order valence-corrected chi connectivity index (χ2v) is 6.31. The minimum atomic E-state index is -0.628. The zero-order chi connectivity index (χ0) is 13.7. The summed E-state index contributed by atoms with van der Waals surface area (Å²) in [6.07, 6.45) is 1.74. The van der Waals surface area contributed by atoms with Gasteiger partial charge in [-0.1, -0.05) is 6.92 Å². The van der Waals surface area contributed by atoms with E-state index in [1.165, 1.54) is 18.2 Å². The molecular weight excluding hydrogens is 263 g/mol. The highest BCUT2D eigenvalue weighted by Crippen LogP contribution is 2.22. The molecule has 1 aromatic heterocycles. The van der Waals surface area contributed by atoms with E-state index in [0.29, 0.717) is 5.69 Å². The Hall–Kier alpha value is -0.650. The lowest BCUT2D eigenvalue weighted by Crippen LogP contribution is -2.33.